The van der Waals surface area contributed by atoms with E-state index in [0.717, 1.165) is 0 Å². The number of nitrogens with zero attached hydrogens (tertiary/aromatic N) is 4. The Balaban J connectivity index is 0.00000166. The summed E-state index contributed by atoms with van der Waals surface area (Å²) in [6.07, 6.45) is 1.50. The average Bonchev–Trinajstić information content (AvgIpc) is 2.80. The van der Waals surface area contributed by atoms with Crippen LogP contribution in [0.4, 0.5) is 0 Å². The molecule has 2 heterocycles. The van der Waals surface area contributed by atoms with E-state index in [1.54, 1.807) is 44.2 Å². The van der Waals surface area contributed by atoms with E-state index in [2.05, 4.69) is 14.9 Å². The Morgan fingerprint density at radius 1 is 1.13 bits per heavy atom. The van der Waals surface area contributed by atoms with Crippen LogP contribution in [-0.2, 0) is 14.8 Å². The van der Waals surface area contributed by atoms with Crippen LogP contribution in [-0.4, -0.2) is 66.3 Å². The molecule has 31 heavy (non-hydrogen) atoms. The van der Waals surface area contributed by atoms with Crippen molar-refractivity contribution < 1.29 is 17.9 Å². The number of carbonyl (C=O) groups is 1. The van der Waals surface area contributed by atoms with Crippen molar-refractivity contribution >= 4 is 16.0 Å². The third-order valence-corrected chi connectivity index (χ3v) is 6.98. The fraction of sp³-hybridized carbons (Fsp3) is 0.500. The van der Waals surface area contributed by atoms with Crippen molar-refractivity contribution in [2.45, 2.75) is 45.6 Å². The van der Waals surface area contributed by atoms with Crippen LogP contribution in [0.3, 0.4) is 0 Å². The van der Waals surface area contributed by atoms with Gasteiger partial charge >= 0.3 is 5.97 Å². The number of rotatable bonds is 6. The lowest BCUT2D eigenvalue weighted by atomic mass is 10.2. The Bertz CT molecular complexity index is 959. The second-order valence-electron chi connectivity index (χ2n) is 6.88. The highest BCUT2D eigenvalue weighted by Crippen LogP contribution is 2.23. The van der Waals surface area contributed by atoms with Gasteiger partial charge in [-0.05, 0) is 32.9 Å². The van der Waals surface area contributed by atoms with Gasteiger partial charge in [-0.2, -0.15) is 4.31 Å². The normalized spacial score (nSPS) is 16.2. The number of aromatic nitrogens is 2. The van der Waals surface area contributed by atoms with Gasteiger partial charge in [0.2, 0.25) is 10.0 Å². The molecule has 0 aliphatic carbocycles. The molecule has 1 aromatic heterocycles. The average molecular weight is 449 g/mol. The standard InChI is InChI=1S/C20H26N4O4S.C2H6/c1-4-28-20(25)18-14-21-19(22-15(18)2)16(3)23-10-12-24(13-11-23)29(26,27)17-8-6-5-7-9-17;1-2/h5-9,14,16H,4,10-13H2,1-3H3;1-2H3. The summed E-state index contributed by atoms with van der Waals surface area (Å²) < 4.78 is 32.1. The quantitative estimate of drug-likeness (QED) is 0.627. The maximum Gasteiger partial charge on any atom is 0.341 e. The summed E-state index contributed by atoms with van der Waals surface area (Å²) in [7, 11) is -3.48. The lowest BCUT2D eigenvalue weighted by Crippen LogP contribution is -2.49. The molecule has 1 aliphatic rings. The first-order valence-electron chi connectivity index (χ1n) is 10.6. The van der Waals surface area contributed by atoms with Gasteiger partial charge in [-0.25, -0.2) is 23.2 Å². The smallest absolute Gasteiger partial charge is 0.341 e. The van der Waals surface area contributed by atoms with Gasteiger partial charge in [0.05, 0.1) is 28.8 Å². The number of aryl methyl sites for hydroxylation is 1. The van der Waals surface area contributed by atoms with E-state index in [9.17, 15) is 13.2 Å². The first kappa shape index (κ1) is 24.9. The zero-order chi connectivity index (χ0) is 23.0. The molecule has 3 rings (SSSR count). The van der Waals surface area contributed by atoms with E-state index in [0.29, 0.717) is 54.8 Å². The molecule has 170 valence electrons. The lowest BCUT2D eigenvalue weighted by Gasteiger charge is -2.36. The number of hydrogen-bond acceptors (Lipinski definition) is 7. The summed E-state index contributed by atoms with van der Waals surface area (Å²) in [6.45, 7) is 11.8. The molecule has 1 atom stereocenters. The monoisotopic (exact) mass is 448 g/mol. The maximum absolute atomic E-state index is 12.8. The van der Waals surface area contributed by atoms with Crippen molar-refractivity contribution in [3.8, 4) is 0 Å². The first-order chi connectivity index (χ1) is 14.8. The highest BCUT2D eigenvalue weighted by atomic mass is 32.2. The number of hydrogen-bond donors (Lipinski definition) is 0. The molecule has 1 aromatic carbocycles. The van der Waals surface area contributed by atoms with E-state index in [-0.39, 0.29) is 6.04 Å². The highest BCUT2D eigenvalue weighted by Gasteiger charge is 2.31. The van der Waals surface area contributed by atoms with E-state index >= 15 is 0 Å². The van der Waals surface area contributed by atoms with Gasteiger partial charge in [-0.1, -0.05) is 32.0 Å². The molecule has 1 unspecified atom stereocenters. The molecule has 0 radical (unpaired) electrons. The van der Waals surface area contributed by atoms with Crippen molar-refractivity contribution in [3.63, 3.8) is 0 Å². The maximum atomic E-state index is 12.8. The van der Waals surface area contributed by atoms with E-state index < -0.39 is 16.0 Å². The fourth-order valence-electron chi connectivity index (χ4n) is 3.33. The van der Waals surface area contributed by atoms with Gasteiger partial charge in [0.25, 0.3) is 0 Å². The van der Waals surface area contributed by atoms with E-state index in [1.807, 2.05) is 20.8 Å². The third-order valence-electron chi connectivity index (χ3n) is 5.07. The Morgan fingerprint density at radius 2 is 1.74 bits per heavy atom. The summed E-state index contributed by atoms with van der Waals surface area (Å²) in [4.78, 5) is 23.2. The van der Waals surface area contributed by atoms with Gasteiger partial charge in [0.15, 0.2) is 0 Å². The molecule has 0 spiro atoms. The zero-order valence-corrected chi connectivity index (χ0v) is 19.7. The lowest BCUT2D eigenvalue weighted by molar-refractivity contribution is 0.0524. The second-order valence-corrected chi connectivity index (χ2v) is 8.81. The van der Waals surface area contributed by atoms with Crippen LogP contribution < -0.4 is 0 Å². The van der Waals surface area contributed by atoms with Gasteiger partial charge in [0.1, 0.15) is 5.82 Å². The molecule has 0 saturated carbocycles. The van der Waals surface area contributed by atoms with E-state index in [1.165, 1.54) is 10.5 Å². The predicted molar refractivity (Wildman–Crippen MR) is 119 cm³/mol. The minimum Gasteiger partial charge on any atom is -0.462 e. The van der Waals surface area contributed by atoms with Crippen LogP contribution in [0.5, 0.6) is 0 Å². The molecule has 0 bridgehead atoms. The third kappa shape index (κ3) is 5.87. The summed E-state index contributed by atoms with van der Waals surface area (Å²) in [6, 6.07) is 8.40. The highest BCUT2D eigenvalue weighted by molar-refractivity contribution is 7.89. The zero-order valence-electron chi connectivity index (χ0n) is 18.9. The van der Waals surface area contributed by atoms with Gasteiger partial charge in [0, 0.05) is 32.4 Å². The Hall–Kier alpha value is -2.36. The van der Waals surface area contributed by atoms with Crippen molar-refractivity contribution in [3.05, 3.63) is 53.6 Å². The van der Waals surface area contributed by atoms with Crippen molar-refractivity contribution in [2.75, 3.05) is 32.8 Å². The molecule has 1 aliphatic heterocycles. The summed E-state index contributed by atoms with van der Waals surface area (Å²) in [5, 5.41) is 0. The van der Waals surface area contributed by atoms with Crippen LogP contribution in [0.15, 0.2) is 41.4 Å². The molecule has 1 fully saturated rings. The molecular weight excluding hydrogens is 416 g/mol. The Morgan fingerprint density at radius 3 is 2.29 bits per heavy atom. The van der Waals surface area contributed by atoms with Crippen molar-refractivity contribution in [2.24, 2.45) is 0 Å². The van der Waals surface area contributed by atoms with Crippen molar-refractivity contribution in [1.29, 1.82) is 0 Å². The van der Waals surface area contributed by atoms with Crippen LogP contribution in [0.1, 0.15) is 55.6 Å². The molecule has 0 amide bonds. The number of ether oxygens (including phenoxy) is 1. The molecule has 8 nitrogen and oxygen atoms in total. The molecule has 0 N–H and O–H groups in total. The summed E-state index contributed by atoms with van der Waals surface area (Å²) >= 11 is 0. The first-order valence-corrected chi connectivity index (χ1v) is 12.1. The molecule has 2 aromatic rings. The molecular formula is C22H32N4O4S. The van der Waals surface area contributed by atoms with Gasteiger partial charge < -0.3 is 4.74 Å². The second kappa shape index (κ2) is 11.3. The van der Waals surface area contributed by atoms with E-state index in [4.69, 9.17) is 4.74 Å². The number of esters is 1. The number of benzene rings is 1. The van der Waals surface area contributed by atoms with Crippen molar-refractivity contribution in [1.82, 2.24) is 19.2 Å². The van der Waals surface area contributed by atoms with Crippen LogP contribution in [0, 0.1) is 6.92 Å². The summed E-state index contributed by atoms with van der Waals surface area (Å²) in [5.74, 6) is 0.179. The van der Waals surface area contributed by atoms with Crippen LogP contribution in [0.2, 0.25) is 0 Å². The minimum atomic E-state index is -3.48. The molecule has 9 heteroatoms. The fourth-order valence-corrected chi connectivity index (χ4v) is 4.77. The summed E-state index contributed by atoms with van der Waals surface area (Å²) in [5.41, 5.74) is 0.937. The largest absolute Gasteiger partial charge is 0.462 e. The van der Waals surface area contributed by atoms with Crippen LogP contribution in [0.25, 0.3) is 0 Å². The Kier molecular flexibility index (Phi) is 9.09. The number of carbonyl (C=O) groups excluding carboxylic acids is 1. The van der Waals surface area contributed by atoms with Crippen LogP contribution >= 0.6 is 0 Å². The number of piperazine rings is 1. The minimum absolute atomic E-state index is 0.0912. The predicted octanol–water partition coefficient (Wildman–Crippen LogP) is 3.06. The van der Waals surface area contributed by atoms with Gasteiger partial charge in [-0.3, -0.25) is 4.90 Å². The molecule has 1 saturated heterocycles. The Labute approximate surface area is 185 Å². The number of sulfonamides is 1. The SMILES string of the molecule is CC.CCOC(=O)c1cnc(C(C)N2CCN(S(=O)(=O)c3ccccc3)CC2)nc1C. The van der Waals surface area contributed by atoms with Gasteiger partial charge in [-0.15, -0.1) is 0 Å². The topological polar surface area (TPSA) is 92.7 Å².